The molecule has 1 aliphatic heterocycles. The van der Waals surface area contributed by atoms with Crippen LogP contribution >= 0.6 is 11.3 Å². The molecule has 0 fully saturated rings. The maximum absolute atomic E-state index is 10.7. The molecule has 0 atom stereocenters. The molecule has 0 unspecified atom stereocenters. The number of hydrogen-bond donors (Lipinski definition) is 0. The van der Waals surface area contributed by atoms with E-state index in [0.717, 1.165) is 26.1 Å². The van der Waals surface area contributed by atoms with Gasteiger partial charge in [0.25, 0.3) is 5.69 Å². The summed E-state index contributed by atoms with van der Waals surface area (Å²) < 4.78 is 1.12. The molecule has 0 saturated heterocycles. The molecule has 0 aromatic heterocycles. The van der Waals surface area contributed by atoms with Crippen molar-refractivity contribution in [1.82, 2.24) is 4.98 Å². The van der Waals surface area contributed by atoms with Gasteiger partial charge in [-0.05, 0) is 42.5 Å². The normalized spacial score (nSPS) is 11.9. The fourth-order valence-electron chi connectivity index (χ4n) is 2.43. The van der Waals surface area contributed by atoms with Crippen LogP contribution in [-0.2, 0) is 0 Å². The van der Waals surface area contributed by atoms with E-state index >= 15 is 0 Å². The topological polar surface area (TPSA) is 68.4 Å². The lowest BCUT2D eigenvalue weighted by atomic mass is 10.2. The van der Waals surface area contributed by atoms with Crippen LogP contribution in [0.4, 0.5) is 11.4 Å². The zero-order valence-electron chi connectivity index (χ0n) is 12.4. The van der Waals surface area contributed by atoms with Crippen molar-refractivity contribution in [3.63, 3.8) is 0 Å². The Morgan fingerprint density at radius 2 is 1.79 bits per heavy atom. The average Bonchev–Trinajstić information content (AvgIpc) is 2.60. The molecule has 1 heterocycles. The maximum Gasteiger partial charge on any atom is 0.269 e. The summed E-state index contributed by atoms with van der Waals surface area (Å²) in [6.45, 7) is 0. The van der Waals surface area contributed by atoms with E-state index in [9.17, 15) is 10.1 Å². The first-order chi connectivity index (χ1) is 11.7. The second-order valence-corrected chi connectivity index (χ2v) is 6.30. The minimum Gasteiger partial charge on any atom is -0.258 e. The van der Waals surface area contributed by atoms with Gasteiger partial charge >= 0.3 is 0 Å². The van der Waals surface area contributed by atoms with Gasteiger partial charge < -0.3 is 0 Å². The summed E-state index contributed by atoms with van der Waals surface area (Å²) in [7, 11) is 0. The molecule has 1 aliphatic carbocycles. The second kappa shape index (κ2) is 5.82. The molecule has 5 nitrogen and oxygen atoms in total. The van der Waals surface area contributed by atoms with Crippen LogP contribution in [0.5, 0.6) is 0 Å². The number of non-ortho nitro benzene ring substituents is 1. The number of aromatic nitrogens is 1. The predicted octanol–water partition coefficient (Wildman–Crippen LogP) is 4.54. The van der Waals surface area contributed by atoms with Crippen molar-refractivity contribution in [3.8, 4) is 10.6 Å². The summed E-state index contributed by atoms with van der Waals surface area (Å²) in [5.41, 5.74) is 2.65. The Labute approximate surface area is 141 Å². The van der Waals surface area contributed by atoms with E-state index in [1.165, 1.54) is 12.1 Å². The molecule has 0 N–H and O–H groups in total. The van der Waals surface area contributed by atoms with Crippen LogP contribution in [0.2, 0.25) is 0 Å². The molecule has 6 heteroatoms. The third-order valence-electron chi connectivity index (χ3n) is 3.59. The molecule has 0 saturated carbocycles. The Bertz CT molecular complexity index is 1090. The van der Waals surface area contributed by atoms with Gasteiger partial charge in [-0.1, -0.05) is 12.1 Å². The first kappa shape index (κ1) is 14.5. The van der Waals surface area contributed by atoms with Crippen molar-refractivity contribution in [2.45, 2.75) is 0 Å². The van der Waals surface area contributed by atoms with Gasteiger partial charge in [0.2, 0.25) is 0 Å². The van der Waals surface area contributed by atoms with Gasteiger partial charge in [-0.2, -0.15) is 0 Å². The first-order valence-corrected chi connectivity index (χ1v) is 8.09. The minimum atomic E-state index is -0.418. The lowest BCUT2D eigenvalue weighted by Crippen LogP contribution is -2.01. The van der Waals surface area contributed by atoms with Gasteiger partial charge in [-0.15, -0.1) is 11.3 Å². The summed E-state index contributed by atoms with van der Waals surface area (Å²) in [6, 6.07) is 20.1. The van der Waals surface area contributed by atoms with Crippen molar-refractivity contribution >= 4 is 32.9 Å². The zero-order valence-corrected chi connectivity index (χ0v) is 13.2. The van der Waals surface area contributed by atoms with Crippen molar-refractivity contribution in [2.75, 3.05) is 0 Å². The fourth-order valence-corrected chi connectivity index (χ4v) is 3.43. The Kier molecular flexibility index (Phi) is 3.51. The summed E-state index contributed by atoms with van der Waals surface area (Å²) in [5.74, 6) is 0. The summed E-state index contributed by atoms with van der Waals surface area (Å²) >= 11 is 1.67. The third-order valence-corrected chi connectivity index (χ3v) is 4.70. The van der Waals surface area contributed by atoms with Crippen LogP contribution in [-0.4, -0.2) is 9.91 Å². The van der Waals surface area contributed by atoms with Crippen LogP contribution < -0.4 is 5.36 Å². The van der Waals surface area contributed by atoms with Crippen LogP contribution in [0.1, 0.15) is 0 Å². The lowest BCUT2D eigenvalue weighted by Gasteiger charge is -2.05. The first-order valence-electron chi connectivity index (χ1n) is 7.28. The van der Waals surface area contributed by atoms with Gasteiger partial charge in [0.15, 0.2) is 0 Å². The number of nitro groups is 1. The van der Waals surface area contributed by atoms with E-state index in [1.54, 1.807) is 23.5 Å². The molecule has 0 spiro atoms. The molecule has 0 bridgehead atoms. The van der Waals surface area contributed by atoms with Crippen molar-refractivity contribution in [1.29, 1.82) is 0 Å². The number of nitrogens with zero attached hydrogens (tertiary/aromatic N) is 3. The number of hydrogen-bond acceptors (Lipinski definition) is 5. The number of fused-ring (bicyclic) bond motifs is 2. The lowest BCUT2D eigenvalue weighted by molar-refractivity contribution is -0.384. The zero-order chi connectivity index (χ0) is 16.5. The van der Waals surface area contributed by atoms with Crippen molar-refractivity contribution in [3.05, 3.63) is 82.2 Å². The Balaban J connectivity index is 1.80. The van der Waals surface area contributed by atoms with E-state index in [2.05, 4.69) is 9.98 Å². The standard InChI is InChI=1S/C18H11N3O2S/c22-21(23)14-8-5-12(6-9-14)19-13-7-10-16-18(11-13)24-17-4-2-1-3-15(17)20-16/h1-11H. The van der Waals surface area contributed by atoms with Crippen molar-refractivity contribution in [2.24, 2.45) is 4.99 Å². The highest BCUT2D eigenvalue weighted by Crippen LogP contribution is 2.29. The van der Waals surface area contributed by atoms with Crippen LogP contribution in [0.15, 0.2) is 71.7 Å². The minimum absolute atomic E-state index is 0.0605. The Morgan fingerprint density at radius 1 is 1.00 bits per heavy atom. The molecular formula is C18H11N3O2S. The van der Waals surface area contributed by atoms with Gasteiger partial charge in [0, 0.05) is 12.1 Å². The molecule has 2 aromatic rings. The number of benzene rings is 3. The highest BCUT2D eigenvalue weighted by molar-refractivity contribution is 7.21. The monoisotopic (exact) mass is 333 g/mol. The van der Waals surface area contributed by atoms with Crippen molar-refractivity contribution < 1.29 is 4.92 Å². The molecule has 4 rings (SSSR count). The molecule has 2 aliphatic rings. The highest BCUT2D eigenvalue weighted by atomic mass is 32.1. The van der Waals surface area contributed by atoms with Crippen LogP contribution in [0.25, 0.3) is 20.8 Å². The SMILES string of the molecule is O=[N+]([O-])c1ccc(N=c2ccc3nc4ccccc4sc-3c2)cc1. The molecule has 24 heavy (non-hydrogen) atoms. The Hall–Kier alpha value is -3.12. The van der Waals surface area contributed by atoms with E-state index in [0.29, 0.717) is 5.69 Å². The number of rotatable bonds is 2. The van der Waals surface area contributed by atoms with E-state index in [-0.39, 0.29) is 5.69 Å². The summed E-state index contributed by atoms with van der Waals surface area (Å²) in [4.78, 5) is 20.5. The molecule has 0 amide bonds. The summed E-state index contributed by atoms with van der Waals surface area (Å²) in [5, 5.41) is 11.5. The maximum atomic E-state index is 10.7. The van der Waals surface area contributed by atoms with E-state index < -0.39 is 4.92 Å². The van der Waals surface area contributed by atoms with Gasteiger partial charge in [-0.3, -0.25) is 10.1 Å². The highest BCUT2D eigenvalue weighted by Gasteiger charge is 2.07. The van der Waals surface area contributed by atoms with E-state index in [1.807, 2.05) is 42.5 Å². The molecule has 2 aromatic carbocycles. The van der Waals surface area contributed by atoms with E-state index in [4.69, 9.17) is 0 Å². The van der Waals surface area contributed by atoms with Gasteiger partial charge in [0.1, 0.15) is 0 Å². The second-order valence-electron chi connectivity index (χ2n) is 5.22. The predicted molar refractivity (Wildman–Crippen MR) is 94.6 cm³/mol. The summed E-state index contributed by atoms with van der Waals surface area (Å²) in [6.07, 6.45) is 0. The average molecular weight is 333 g/mol. The van der Waals surface area contributed by atoms with Crippen LogP contribution in [0.3, 0.4) is 0 Å². The van der Waals surface area contributed by atoms with Gasteiger partial charge in [-0.25, -0.2) is 9.98 Å². The molecular weight excluding hydrogens is 322 g/mol. The quantitative estimate of drug-likeness (QED) is 0.307. The largest absolute Gasteiger partial charge is 0.269 e. The fraction of sp³-hybridized carbons (Fsp3) is 0. The number of para-hydroxylation sites is 1. The smallest absolute Gasteiger partial charge is 0.258 e. The van der Waals surface area contributed by atoms with Crippen LogP contribution in [0, 0.1) is 10.1 Å². The molecule has 0 radical (unpaired) electrons. The number of nitro benzene ring substituents is 1. The third kappa shape index (κ3) is 2.75. The van der Waals surface area contributed by atoms with Gasteiger partial charge in [0.05, 0.1) is 36.8 Å². The molecule has 116 valence electrons. The Morgan fingerprint density at radius 3 is 2.58 bits per heavy atom.